The van der Waals surface area contributed by atoms with Crippen molar-refractivity contribution in [2.45, 2.75) is 6.92 Å². The molecular formula is C11H14MgO5. The Hall–Kier alpha value is -1.27. The zero-order chi connectivity index (χ0) is 12.1. The monoisotopic (exact) mass is 250 g/mol. The van der Waals surface area contributed by atoms with Gasteiger partial charge in [0.25, 0.3) is 0 Å². The molecule has 0 radical (unpaired) electrons. The standard InChI is InChI=1S/C11H12O5.Mg.2H/c1-3-16-10-8(11(13)14)4-7(6-12)5-9(10)15-2;;;/h4-6H,3H2,1-2H3,(H,13,14);;;. The van der Waals surface area contributed by atoms with Crippen LogP contribution in [0.3, 0.4) is 0 Å². The van der Waals surface area contributed by atoms with Crippen LogP contribution in [0.5, 0.6) is 11.5 Å². The zero-order valence-corrected chi connectivity index (χ0v) is 9.02. The quantitative estimate of drug-likeness (QED) is 0.615. The lowest BCUT2D eigenvalue weighted by Crippen LogP contribution is -2.06. The minimum Gasteiger partial charge on any atom is -0.493 e. The second-order valence-electron chi connectivity index (χ2n) is 2.96. The number of ether oxygens (including phenoxy) is 2. The molecule has 0 aliphatic carbocycles. The lowest BCUT2D eigenvalue weighted by molar-refractivity contribution is 0.0691. The summed E-state index contributed by atoms with van der Waals surface area (Å²) in [6, 6.07) is 2.69. The topological polar surface area (TPSA) is 72.8 Å². The van der Waals surface area contributed by atoms with E-state index in [1.54, 1.807) is 6.92 Å². The van der Waals surface area contributed by atoms with Crippen molar-refractivity contribution in [2.75, 3.05) is 13.7 Å². The highest BCUT2D eigenvalue weighted by atomic mass is 24.3. The number of carbonyl (C=O) groups excluding carboxylic acids is 1. The van der Waals surface area contributed by atoms with Crippen LogP contribution < -0.4 is 9.47 Å². The van der Waals surface area contributed by atoms with Gasteiger partial charge in [0.2, 0.25) is 0 Å². The molecule has 0 bridgehead atoms. The fourth-order valence-corrected chi connectivity index (χ4v) is 1.30. The number of aromatic carboxylic acids is 1. The van der Waals surface area contributed by atoms with Crippen molar-refractivity contribution in [2.24, 2.45) is 0 Å². The van der Waals surface area contributed by atoms with Crippen molar-refractivity contribution in [1.82, 2.24) is 0 Å². The van der Waals surface area contributed by atoms with Crippen molar-refractivity contribution >= 4 is 35.3 Å². The molecule has 0 heterocycles. The Labute approximate surface area is 115 Å². The van der Waals surface area contributed by atoms with Gasteiger partial charge in [-0.05, 0) is 19.1 Å². The maximum absolute atomic E-state index is 11.0. The molecule has 90 valence electrons. The third kappa shape index (κ3) is 3.60. The van der Waals surface area contributed by atoms with Gasteiger partial charge in [-0.25, -0.2) is 4.79 Å². The van der Waals surface area contributed by atoms with E-state index in [-0.39, 0.29) is 45.7 Å². The van der Waals surface area contributed by atoms with E-state index in [0.717, 1.165) is 0 Å². The Morgan fingerprint density at radius 1 is 1.47 bits per heavy atom. The second-order valence-corrected chi connectivity index (χ2v) is 2.96. The molecule has 0 aliphatic heterocycles. The van der Waals surface area contributed by atoms with Crippen LogP contribution in [0.15, 0.2) is 12.1 Å². The number of carboxylic acid groups (broad SMARTS) is 1. The smallest absolute Gasteiger partial charge is 0.339 e. The van der Waals surface area contributed by atoms with E-state index in [1.807, 2.05) is 0 Å². The first-order valence-corrected chi connectivity index (χ1v) is 4.67. The Morgan fingerprint density at radius 2 is 2.12 bits per heavy atom. The number of hydrogen-bond acceptors (Lipinski definition) is 4. The number of rotatable bonds is 5. The van der Waals surface area contributed by atoms with E-state index in [2.05, 4.69) is 0 Å². The molecular weight excluding hydrogens is 236 g/mol. The number of methoxy groups -OCH3 is 1. The van der Waals surface area contributed by atoms with Gasteiger partial charge < -0.3 is 14.6 Å². The van der Waals surface area contributed by atoms with Gasteiger partial charge >= 0.3 is 29.0 Å². The van der Waals surface area contributed by atoms with Gasteiger partial charge in [-0.3, -0.25) is 4.79 Å². The minimum absolute atomic E-state index is 0. The molecule has 0 amide bonds. The molecule has 5 nitrogen and oxygen atoms in total. The first-order valence-electron chi connectivity index (χ1n) is 4.67. The SMILES string of the molecule is CCOc1c(OC)cc(C=O)cc1C(=O)O.[MgH2]. The van der Waals surface area contributed by atoms with Gasteiger partial charge in [0, 0.05) is 5.56 Å². The molecule has 17 heavy (non-hydrogen) atoms. The highest BCUT2D eigenvalue weighted by Gasteiger charge is 2.17. The van der Waals surface area contributed by atoms with E-state index >= 15 is 0 Å². The first kappa shape index (κ1) is 15.7. The first-order chi connectivity index (χ1) is 7.63. The lowest BCUT2D eigenvalue weighted by atomic mass is 10.1. The Balaban J connectivity index is 0.00000256. The van der Waals surface area contributed by atoms with Crippen molar-refractivity contribution in [3.05, 3.63) is 23.3 Å². The van der Waals surface area contributed by atoms with Crippen LogP contribution in [0, 0.1) is 0 Å². The number of carbonyl (C=O) groups is 2. The van der Waals surface area contributed by atoms with E-state index in [1.165, 1.54) is 19.2 Å². The van der Waals surface area contributed by atoms with E-state index < -0.39 is 5.97 Å². The maximum atomic E-state index is 11.0. The minimum atomic E-state index is -1.16. The molecule has 0 fully saturated rings. The predicted octanol–water partition coefficient (Wildman–Crippen LogP) is 0.688. The van der Waals surface area contributed by atoms with Crippen LogP contribution >= 0.6 is 0 Å². The summed E-state index contributed by atoms with van der Waals surface area (Å²) in [6.07, 6.45) is 0.560. The molecule has 0 saturated carbocycles. The summed E-state index contributed by atoms with van der Waals surface area (Å²) in [4.78, 5) is 21.6. The molecule has 1 aromatic rings. The Morgan fingerprint density at radius 3 is 2.53 bits per heavy atom. The molecule has 0 spiro atoms. The maximum Gasteiger partial charge on any atom is 0.339 e. The van der Waals surface area contributed by atoms with Crippen LogP contribution in [0.2, 0.25) is 0 Å². The molecule has 0 saturated heterocycles. The number of hydrogen-bond donors (Lipinski definition) is 1. The Kier molecular flexibility index (Phi) is 6.60. The molecule has 1 rings (SSSR count). The average Bonchev–Trinajstić information content (AvgIpc) is 2.29. The van der Waals surface area contributed by atoms with E-state index in [4.69, 9.17) is 14.6 Å². The normalized spacial score (nSPS) is 9.06. The molecule has 0 aliphatic rings. The van der Waals surface area contributed by atoms with E-state index in [0.29, 0.717) is 12.9 Å². The third-order valence-corrected chi connectivity index (χ3v) is 1.95. The van der Waals surface area contributed by atoms with Gasteiger partial charge in [-0.1, -0.05) is 0 Å². The second kappa shape index (κ2) is 7.13. The predicted molar refractivity (Wildman–Crippen MR) is 65.1 cm³/mol. The summed E-state index contributed by atoms with van der Waals surface area (Å²) in [7, 11) is 1.39. The van der Waals surface area contributed by atoms with Crippen LogP contribution in [0.25, 0.3) is 0 Å². The number of aldehydes is 1. The summed E-state index contributed by atoms with van der Waals surface area (Å²) in [5.41, 5.74) is 0.154. The van der Waals surface area contributed by atoms with Crippen molar-refractivity contribution in [1.29, 1.82) is 0 Å². The number of carboxylic acids is 1. The molecule has 0 atom stereocenters. The van der Waals surface area contributed by atoms with Crippen LogP contribution in [-0.4, -0.2) is 54.1 Å². The van der Waals surface area contributed by atoms with Gasteiger partial charge in [0.1, 0.15) is 11.8 Å². The van der Waals surface area contributed by atoms with E-state index in [9.17, 15) is 9.59 Å². The van der Waals surface area contributed by atoms with Gasteiger partial charge in [0.05, 0.1) is 13.7 Å². The summed E-state index contributed by atoms with van der Waals surface area (Å²) in [6.45, 7) is 2.05. The molecule has 6 heteroatoms. The Bertz CT molecular complexity index is 417. The summed E-state index contributed by atoms with van der Waals surface area (Å²) < 4.78 is 10.2. The van der Waals surface area contributed by atoms with Crippen molar-refractivity contribution in [3.8, 4) is 11.5 Å². The van der Waals surface area contributed by atoms with Crippen molar-refractivity contribution in [3.63, 3.8) is 0 Å². The average molecular weight is 251 g/mol. The zero-order valence-electron chi connectivity index (χ0n) is 9.02. The third-order valence-electron chi connectivity index (χ3n) is 1.95. The fraction of sp³-hybridized carbons (Fsp3) is 0.273. The summed E-state index contributed by atoms with van der Waals surface area (Å²) in [5, 5.41) is 8.98. The lowest BCUT2D eigenvalue weighted by Gasteiger charge is -2.12. The molecule has 0 unspecified atom stereocenters. The highest BCUT2D eigenvalue weighted by molar-refractivity contribution is 5.94. The van der Waals surface area contributed by atoms with Crippen LogP contribution in [0.1, 0.15) is 27.6 Å². The fourth-order valence-electron chi connectivity index (χ4n) is 1.30. The molecule has 1 N–H and O–H groups in total. The van der Waals surface area contributed by atoms with Gasteiger partial charge in [0.15, 0.2) is 11.5 Å². The molecule has 1 aromatic carbocycles. The van der Waals surface area contributed by atoms with Gasteiger partial charge in [-0.2, -0.15) is 0 Å². The summed E-state index contributed by atoms with van der Waals surface area (Å²) >= 11 is 0. The highest BCUT2D eigenvalue weighted by Crippen LogP contribution is 2.32. The largest absolute Gasteiger partial charge is 0.493 e. The summed E-state index contributed by atoms with van der Waals surface area (Å²) in [5.74, 6) is -0.780. The van der Waals surface area contributed by atoms with Gasteiger partial charge in [-0.15, -0.1) is 0 Å². The van der Waals surface area contributed by atoms with Crippen LogP contribution in [-0.2, 0) is 0 Å². The molecule has 0 aromatic heterocycles. The van der Waals surface area contributed by atoms with Crippen molar-refractivity contribution < 1.29 is 24.2 Å². The number of benzene rings is 1. The van der Waals surface area contributed by atoms with Crippen LogP contribution in [0.4, 0.5) is 0 Å².